The van der Waals surface area contributed by atoms with Crippen LogP contribution in [0, 0.1) is 0 Å². The van der Waals surface area contributed by atoms with Gasteiger partial charge in [0.1, 0.15) is 5.75 Å². The van der Waals surface area contributed by atoms with Crippen LogP contribution in [0.4, 0.5) is 0 Å². The van der Waals surface area contributed by atoms with E-state index in [0.717, 1.165) is 11.1 Å². The number of amides is 1. The van der Waals surface area contributed by atoms with Crippen molar-refractivity contribution >= 4 is 5.91 Å². The molecule has 1 N–H and O–H groups in total. The van der Waals surface area contributed by atoms with Crippen molar-refractivity contribution in [3.63, 3.8) is 0 Å². The van der Waals surface area contributed by atoms with Crippen LogP contribution in [-0.4, -0.2) is 32.9 Å². The highest BCUT2D eigenvalue weighted by Gasteiger charge is 2.13. The zero-order valence-corrected chi connectivity index (χ0v) is 14.8. The summed E-state index contributed by atoms with van der Waals surface area (Å²) in [6.07, 6.45) is 5.18. The Morgan fingerprint density at radius 1 is 1.35 bits per heavy atom. The summed E-state index contributed by atoms with van der Waals surface area (Å²) in [5.41, 5.74) is 1.75. The molecule has 0 bridgehead atoms. The molecule has 0 atom stereocenters. The van der Waals surface area contributed by atoms with Gasteiger partial charge in [0.2, 0.25) is 17.6 Å². The Kier molecular flexibility index (Phi) is 5.62. The van der Waals surface area contributed by atoms with E-state index in [1.165, 1.54) is 0 Å². The van der Waals surface area contributed by atoms with Crippen molar-refractivity contribution in [1.29, 1.82) is 0 Å². The molecule has 0 saturated heterocycles. The number of carbonyl (C=O) groups is 1. The number of hydrogen-bond donors (Lipinski definition) is 1. The van der Waals surface area contributed by atoms with E-state index in [4.69, 9.17) is 9.26 Å². The lowest BCUT2D eigenvalue weighted by molar-refractivity contribution is -0.121. The van der Waals surface area contributed by atoms with E-state index in [1.807, 2.05) is 37.5 Å². The number of nitrogens with zero attached hydrogens (tertiary/aromatic N) is 4. The summed E-state index contributed by atoms with van der Waals surface area (Å²) in [6, 6.07) is 7.49. The Balaban J connectivity index is 1.47. The van der Waals surface area contributed by atoms with E-state index in [-0.39, 0.29) is 5.91 Å². The first-order chi connectivity index (χ1) is 12.7. The number of aryl methyl sites for hydroxylation is 2. The standard InChI is InChI=1S/C18H21N5O3/c1-23-12-13(11-20-23)10-19-16(24)8-5-9-17-21-18(22-26-17)14-6-3-4-7-15(14)25-2/h3-4,6-7,11-12H,5,8-10H2,1-2H3,(H,19,24). The third-order valence-corrected chi connectivity index (χ3v) is 3.86. The summed E-state index contributed by atoms with van der Waals surface area (Å²) in [6.45, 7) is 0.477. The number of hydrogen-bond acceptors (Lipinski definition) is 6. The Labute approximate surface area is 151 Å². The molecule has 1 amide bonds. The van der Waals surface area contributed by atoms with Crippen molar-refractivity contribution in [2.75, 3.05) is 7.11 Å². The largest absolute Gasteiger partial charge is 0.496 e. The van der Waals surface area contributed by atoms with Gasteiger partial charge in [0.05, 0.1) is 18.9 Å². The van der Waals surface area contributed by atoms with E-state index in [0.29, 0.717) is 43.3 Å². The molecule has 0 fully saturated rings. The maximum Gasteiger partial charge on any atom is 0.226 e. The van der Waals surface area contributed by atoms with Crippen LogP contribution < -0.4 is 10.1 Å². The monoisotopic (exact) mass is 355 g/mol. The van der Waals surface area contributed by atoms with Gasteiger partial charge in [-0.3, -0.25) is 9.48 Å². The van der Waals surface area contributed by atoms with Gasteiger partial charge in [-0.05, 0) is 18.6 Å². The third-order valence-electron chi connectivity index (χ3n) is 3.86. The average molecular weight is 355 g/mol. The zero-order valence-electron chi connectivity index (χ0n) is 14.8. The number of benzene rings is 1. The summed E-state index contributed by atoms with van der Waals surface area (Å²) in [4.78, 5) is 16.3. The van der Waals surface area contributed by atoms with E-state index < -0.39 is 0 Å². The van der Waals surface area contributed by atoms with E-state index in [2.05, 4.69) is 20.6 Å². The molecule has 3 rings (SSSR count). The minimum Gasteiger partial charge on any atom is -0.496 e. The molecular formula is C18H21N5O3. The Morgan fingerprint density at radius 2 is 2.19 bits per heavy atom. The predicted octanol–water partition coefficient (Wildman–Crippen LogP) is 2.12. The first-order valence-corrected chi connectivity index (χ1v) is 8.36. The van der Waals surface area contributed by atoms with Gasteiger partial charge in [0, 0.05) is 38.2 Å². The molecule has 3 aromatic rings. The molecule has 0 aliphatic heterocycles. The summed E-state index contributed by atoms with van der Waals surface area (Å²) in [5, 5.41) is 10.9. The van der Waals surface area contributed by atoms with Gasteiger partial charge in [-0.25, -0.2) is 0 Å². The highest BCUT2D eigenvalue weighted by atomic mass is 16.5. The van der Waals surface area contributed by atoms with Gasteiger partial charge in [-0.15, -0.1) is 0 Å². The second-order valence-electron chi connectivity index (χ2n) is 5.86. The van der Waals surface area contributed by atoms with E-state index in [1.54, 1.807) is 18.0 Å². The first-order valence-electron chi connectivity index (χ1n) is 8.36. The summed E-state index contributed by atoms with van der Waals surface area (Å²) in [7, 11) is 3.44. The van der Waals surface area contributed by atoms with Gasteiger partial charge >= 0.3 is 0 Å². The molecule has 2 aromatic heterocycles. The zero-order chi connectivity index (χ0) is 18.4. The summed E-state index contributed by atoms with van der Waals surface area (Å²) < 4.78 is 12.3. The lowest BCUT2D eigenvalue weighted by Crippen LogP contribution is -2.22. The Hall–Kier alpha value is -3.16. The van der Waals surface area contributed by atoms with Gasteiger partial charge < -0.3 is 14.6 Å². The molecule has 0 aliphatic carbocycles. The molecule has 1 aromatic carbocycles. The number of nitrogens with one attached hydrogen (secondary N) is 1. The number of para-hydroxylation sites is 1. The molecule has 8 nitrogen and oxygen atoms in total. The number of ether oxygens (including phenoxy) is 1. The minimum atomic E-state index is -0.0154. The lowest BCUT2D eigenvalue weighted by Gasteiger charge is -2.03. The molecule has 136 valence electrons. The molecule has 2 heterocycles. The highest BCUT2D eigenvalue weighted by Crippen LogP contribution is 2.27. The van der Waals surface area contributed by atoms with Crippen molar-refractivity contribution in [2.24, 2.45) is 7.05 Å². The van der Waals surface area contributed by atoms with Crippen LogP contribution in [0.3, 0.4) is 0 Å². The summed E-state index contributed by atoms with van der Waals surface area (Å²) in [5.74, 6) is 1.66. The Bertz CT molecular complexity index is 871. The van der Waals surface area contributed by atoms with Gasteiger partial charge in [0.15, 0.2) is 0 Å². The van der Waals surface area contributed by atoms with Crippen molar-refractivity contribution in [1.82, 2.24) is 25.2 Å². The van der Waals surface area contributed by atoms with Crippen LogP contribution in [0.5, 0.6) is 5.75 Å². The van der Waals surface area contributed by atoms with Gasteiger partial charge in [-0.1, -0.05) is 17.3 Å². The summed E-state index contributed by atoms with van der Waals surface area (Å²) >= 11 is 0. The normalized spacial score (nSPS) is 10.7. The lowest BCUT2D eigenvalue weighted by atomic mass is 10.2. The van der Waals surface area contributed by atoms with E-state index >= 15 is 0 Å². The van der Waals surface area contributed by atoms with Crippen LogP contribution in [0.15, 0.2) is 41.2 Å². The quantitative estimate of drug-likeness (QED) is 0.665. The maximum absolute atomic E-state index is 11.9. The fourth-order valence-corrected chi connectivity index (χ4v) is 2.55. The molecule has 0 spiro atoms. The second-order valence-corrected chi connectivity index (χ2v) is 5.86. The molecule has 8 heteroatoms. The molecule has 0 aliphatic rings. The van der Waals surface area contributed by atoms with E-state index in [9.17, 15) is 4.79 Å². The van der Waals surface area contributed by atoms with Crippen LogP contribution in [-0.2, 0) is 24.8 Å². The van der Waals surface area contributed by atoms with Gasteiger partial charge in [-0.2, -0.15) is 10.1 Å². The second kappa shape index (κ2) is 8.28. The minimum absolute atomic E-state index is 0.0154. The van der Waals surface area contributed by atoms with Crippen molar-refractivity contribution < 1.29 is 14.1 Å². The molecule has 0 unspecified atom stereocenters. The number of rotatable bonds is 8. The SMILES string of the molecule is COc1ccccc1-c1noc(CCCC(=O)NCc2cnn(C)c2)n1. The van der Waals surface area contributed by atoms with Crippen LogP contribution in [0.25, 0.3) is 11.4 Å². The Morgan fingerprint density at radius 3 is 2.96 bits per heavy atom. The maximum atomic E-state index is 11.9. The van der Waals surface area contributed by atoms with Gasteiger partial charge in [0.25, 0.3) is 0 Å². The van der Waals surface area contributed by atoms with Crippen LogP contribution in [0.2, 0.25) is 0 Å². The molecule has 26 heavy (non-hydrogen) atoms. The third kappa shape index (κ3) is 4.47. The fraction of sp³-hybridized carbons (Fsp3) is 0.333. The highest BCUT2D eigenvalue weighted by molar-refractivity contribution is 5.75. The smallest absolute Gasteiger partial charge is 0.226 e. The van der Waals surface area contributed by atoms with Crippen LogP contribution in [0.1, 0.15) is 24.3 Å². The molecular weight excluding hydrogens is 334 g/mol. The van der Waals surface area contributed by atoms with Crippen molar-refractivity contribution in [3.05, 3.63) is 48.1 Å². The first kappa shape index (κ1) is 17.7. The fourth-order valence-electron chi connectivity index (χ4n) is 2.55. The number of aromatic nitrogens is 4. The number of methoxy groups -OCH3 is 1. The predicted molar refractivity (Wildman–Crippen MR) is 94.3 cm³/mol. The molecule has 0 saturated carbocycles. The van der Waals surface area contributed by atoms with Crippen molar-refractivity contribution in [2.45, 2.75) is 25.8 Å². The average Bonchev–Trinajstić information content (AvgIpc) is 3.29. The number of carbonyl (C=O) groups excluding carboxylic acids is 1. The molecule has 0 radical (unpaired) electrons. The topological polar surface area (TPSA) is 95.1 Å². The van der Waals surface area contributed by atoms with Crippen molar-refractivity contribution in [3.8, 4) is 17.1 Å². The van der Waals surface area contributed by atoms with Crippen LogP contribution >= 0.6 is 0 Å².